The summed E-state index contributed by atoms with van der Waals surface area (Å²) in [5.74, 6) is 1.01. The number of urea groups is 1. The second-order valence-electron chi connectivity index (χ2n) is 11.7. The number of unbranched alkanes of at least 4 members (excludes halogenated alkanes) is 1. The number of nitrogens with two attached hydrogens (primary N) is 1. The van der Waals surface area contributed by atoms with Crippen molar-refractivity contribution in [1.82, 2.24) is 20.0 Å². The largest absolute Gasteiger partial charge is 0.494 e. The van der Waals surface area contributed by atoms with E-state index in [1.165, 1.54) is 4.90 Å². The highest BCUT2D eigenvalue weighted by atomic mass is 16.5. The maximum atomic E-state index is 13.6. The van der Waals surface area contributed by atoms with Gasteiger partial charge in [-0.2, -0.15) is 0 Å². The molecule has 1 heterocycles. The molecule has 1 aromatic carbocycles. The smallest absolute Gasteiger partial charge is 0.408 e. The van der Waals surface area contributed by atoms with E-state index in [9.17, 15) is 24.3 Å². The summed E-state index contributed by atoms with van der Waals surface area (Å²) in [5, 5.41) is 12.5. The van der Waals surface area contributed by atoms with Gasteiger partial charge in [-0.15, -0.1) is 0 Å². The number of Topliss-reactive ketones (excluding diaryl/α,β-unsaturated/α-hetero) is 1. The first-order valence-corrected chi connectivity index (χ1v) is 14.3. The van der Waals surface area contributed by atoms with Gasteiger partial charge in [-0.25, -0.2) is 9.59 Å². The molecule has 0 radical (unpaired) electrons. The molecule has 2 aliphatic rings. The molecule has 0 unspecified atom stereocenters. The number of hydrogen-bond donors (Lipinski definition) is 3. The Morgan fingerprint density at radius 2 is 1.70 bits per heavy atom. The van der Waals surface area contributed by atoms with Crippen molar-refractivity contribution >= 4 is 23.8 Å². The number of primary amides is 1. The maximum absolute atomic E-state index is 13.6. The Kier molecular flexibility index (Phi) is 11.2. The highest BCUT2D eigenvalue weighted by Gasteiger charge is 2.39. The third kappa shape index (κ3) is 9.39. The lowest BCUT2D eigenvalue weighted by atomic mass is 9.98. The van der Waals surface area contributed by atoms with Gasteiger partial charge < -0.3 is 25.8 Å². The summed E-state index contributed by atoms with van der Waals surface area (Å²) < 4.78 is 5.85. The summed E-state index contributed by atoms with van der Waals surface area (Å²) in [4.78, 5) is 54.1. The van der Waals surface area contributed by atoms with Crippen LogP contribution in [0, 0.1) is 5.92 Å². The van der Waals surface area contributed by atoms with Crippen LogP contribution >= 0.6 is 0 Å². The Labute approximate surface area is 237 Å². The third-order valence-electron chi connectivity index (χ3n) is 7.39. The van der Waals surface area contributed by atoms with Gasteiger partial charge in [-0.1, -0.05) is 0 Å². The second kappa shape index (κ2) is 14.3. The number of rotatable bonds is 14. The van der Waals surface area contributed by atoms with Gasteiger partial charge in [0.2, 0.25) is 5.91 Å². The van der Waals surface area contributed by atoms with Crippen LogP contribution in [-0.4, -0.2) is 101 Å². The second-order valence-corrected chi connectivity index (χ2v) is 11.7. The lowest BCUT2D eigenvalue weighted by molar-refractivity contribution is -0.140. The number of amides is 4. The zero-order valence-corrected chi connectivity index (χ0v) is 24.1. The van der Waals surface area contributed by atoms with Crippen molar-refractivity contribution in [3.05, 3.63) is 29.8 Å². The van der Waals surface area contributed by atoms with E-state index in [1.54, 1.807) is 25.7 Å². The van der Waals surface area contributed by atoms with Crippen molar-refractivity contribution in [2.45, 2.75) is 70.9 Å². The predicted molar refractivity (Wildman–Crippen MR) is 151 cm³/mol. The van der Waals surface area contributed by atoms with Gasteiger partial charge in [-0.3, -0.25) is 19.4 Å². The molecule has 0 bridgehead atoms. The van der Waals surface area contributed by atoms with E-state index in [0.717, 1.165) is 37.1 Å². The molecular weight excluding hydrogens is 514 g/mol. The molecule has 1 aliphatic carbocycles. The van der Waals surface area contributed by atoms with Gasteiger partial charge >= 0.3 is 12.1 Å². The SMILES string of the molecule is CC(C)(C)N(C(=O)O)[C@H](CCCCNC(N)=O)C(=O)N1CCN(CCCOc2ccc(C(=O)C3CC3)cc2)CC1. The van der Waals surface area contributed by atoms with E-state index in [0.29, 0.717) is 58.6 Å². The van der Waals surface area contributed by atoms with Crippen molar-refractivity contribution < 1.29 is 29.0 Å². The number of hydrogen-bond acceptors (Lipinski definition) is 6. The first-order valence-electron chi connectivity index (χ1n) is 14.3. The first kappa shape index (κ1) is 31.2. The molecule has 4 amide bonds. The molecule has 1 saturated heterocycles. The molecule has 1 aromatic rings. The van der Waals surface area contributed by atoms with Gasteiger partial charge in [0.1, 0.15) is 11.8 Å². The average Bonchev–Trinajstić information content (AvgIpc) is 3.75. The van der Waals surface area contributed by atoms with E-state index >= 15 is 0 Å². The molecule has 11 heteroatoms. The number of carbonyl (C=O) groups is 4. The van der Waals surface area contributed by atoms with Crippen molar-refractivity contribution in [3.8, 4) is 5.75 Å². The van der Waals surface area contributed by atoms with Crippen molar-refractivity contribution in [3.63, 3.8) is 0 Å². The highest BCUT2D eigenvalue weighted by Crippen LogP contribution is 2.33. The van der Waals surface area contributed by atoms with Gasteiger partial charge in [0, 0.05) is 56.3 Å². The minimum absolute atomic E-state index is 0.174. The quantitative estimate of drug-likeness (QED) is 0.234. The topological polar surface area (TPSA) is 146 Å². The monoisotopic (exact) mass is 559 g/mol. The predicted octanol–water partition coefficient (Wildman–Crippen LogP) is 3.18. The van der Waals surface area contributed by atoms with Crippen LogP contribution in [0.15, 0.2) is 24.3 Å². The zero-order valence-electron chi connectivity index (χ0n) is 24.1. The minimum Gasteiger partial charge on any atom is -0.494 e. The molecule has 1 atom stereocenters. The number of nitrogens with one attached hydrogen (secondary N) is 1. The number of carbonyl (C=O) groups excluding carboxylic acids is 3. The fourth-order valence-electron chi connectivity index (χ4n) is 5.10. The third-order valence-corrected chi connectivity index (χ3v) is 7.39. The standard InChI is InChI=1S/C29H45N5O6/c1-29(2,3)34(28(38)39)24(7-4-5-14-31-27(30)37)26(36)33-18-16-32(17-19-33)15-6-20-40-23-12-10-22(11-13-23)25(35)21-8-9-21/h10-13,21,24H,4-9,14-20H2,1-3H3,(H,38,39)(H3,30,31,37)/t24-/m1/s1. The molecule has 3 rings (SSSR count). The van der Waals surface area contributed by atoms with Gasteiger partial charge in [0.25, 0.3) is 0 Å². The Morgan fingerprint density at radius 3 is 2.25 bits per heavy atom. The first-order chi connectivity index (χ1) is 19.0. The van der Waals surface area contributed by atoms with Crippen LogP contribution in [0.2, 0.25) is 0 Å². The highest BCUT2D eigenvalue weighted by molar-refractivity contribution is 5.99. The van der Waals surface area contributed by atoms with Crippen LogP contribution in [0.3, 0.4) is 0 Å². The summed E-state index contributed by atoms with van der Waals surface area (Å²) in [6.45, 7) is 9.63. The molecule has 11 nitrogen and oxygen atoms in total. The Morgan fingerprint density at radius 1 is 1.05 bits per heavy atom. The Balaban J connectivity index is 1.44. The zero-order chi connectivity index (χ0) is 29.3. The summed E-state index contributed by atoms with van der Waals surface area (Å²) in [5.41, 5.74) is 5.11. The van der Waals surface area contributed by atoms with E-state index in [-0.39, 0.29) is 17.6 Å². The van der Waals surface area contributed by atoms with Gasteiger partial charge in [0.05, 0.1) is 6.61 Å². The molecule has 0 aromatic heterocycles. The summed E-state index contributed by atoms with van der Waals surface area (Å²) in [6, 6.07) is 5.97. The molecule has 1 saturated carbocycles. The number of nitrogens with zero attached hydrogens (tertiary/aromatic N) is 3. The van der Waals surface area contributed by atoms with Crippen molar-refractivity contribution in [1.29, 1.82) is 0 Å². The Bertz CT molecular complexity index is 1010. The fraction of sp³-hybridized carbons (Fsp3) is 0.655. The summed E-state index contributed by atoms with van der Waals surface area (Å²) >= 11 is 0. The van der Waals surface area contributed by atoms with Crippen LogP contribution in [0.4, 0.5) is 9.59 Å². The molecule has 1 aliphatic heterocycles. The van der Waals surface area contributed by atoms with E-state index < -0.39 is 23.7 Å². The minimum atomic E-state index is -1.12. The summed E-state index contributed by atoms with van der Waals surface area (Å²) in [6.07, 6.45) is 3.25. The molecule has 2 fully saturated rings. The number of piperazine rings is 1. The Hall–Kier alpha value is -3.34. The molecule has 4 N–H and O–H groups in total. The van der Waals surface area contributed by atoms with Crippen LogP contribution in [0.5, 0.6) is 5.75 Å². The molecular formula is C29H45N5O6. The molecule has 0 spiro atoms. The van der Waals surface area contributed by atoms with Crippen molar-refractivity contribution in [2.24, 2.45) is 11.7 Å². The van der Waals surface area contributed by atoms with Crippen LogP contribution in [-0.2, 0) is 4.79 Å². The van der Waals surface area contributed by atoms with Gasteiger partial charge in [-0.05, 0) is 83.6 Å². The van der Waals surface area contributed by atoms with Gasteiger partial charge in [0.15, 0.2) is 5.78 Å². The number of ether oxygens (including phenoxy) is 1. The fourth-order valence-corrected chi connectivity index (χ4v) is 5.10. The maximum Gasteiger partial charge on any atom is 0.408 e. The number of benzene rings is 1. The van der Waals surface area contributed by atoms with Crippen molar-refractivity contribution in [2.75, 3.05) is 45.9 Å². The van der Waals surface area contributed by atoms with E-state index in [2.05, 4.69) is 10.2 Å². The van der Waals surface area contributed by atoms with E-state index in [4.69, 9.17) is 10.5 Å². The van der Waals surface area contributed by atoms with Crippen LogP contribution in [0.25, 0.3) is 0 Å². The average molecular weight is 560 g/mol. The number of ketones is 1. The lowest BCUT2D eigenvalue weighted by Crippen LogP contribution is -2.60. The number of carboxylic acid groups (broad SMARTS) is 1. The van der Waals surface area contributed by atoms with Crippen LogP contribution < -0.4 is 15.8 Å². The molecule has 40 heavy (non-hydrogen) atoms. The normalized spacial score (nSPS) is 16.7. The molecule has 222 valence electrons. The van der Waals surface area contributed by atoms with Crippen LogP contribution in [0.1, 0.15) is 69.7 Å². The van der Waals surface area contributed by atoms with E-state index in [1.807, 2.05) is 24.3 Å². The summed E-state index contributed by atoms with van der Waals surface area (Å²) in [7, 11) is 0. The lowest BCUT2D eigenvalue weighted by Gasteiger charge is -2.42.